The largest absolute Gasteiger partial charge is 0.459 e. The molecule has 0 unspecified atom stereocenters. The quantitative estimate of drug-likeness (QED) is 0.837. The Bertz CT molecular complexity index is 424. The lowest BCUT2D eigenvalue weighted by Gasteiger charge is -2.33. The molecular weight excluding hydrogens is 248 g/mol. The normalized spacial score (nSPS) is 19.7. The molecule has 0 atom stereocenters. The van der Waals surface area contributed by atoms with Crippen molar-refractivity contribution in [2.45, 2.75) is 52.6 Å². The second-order valence-corrected chi connectivity index (χ2v) is 6.58. The van der Waals surface area contributed by atoms with Crippen molar-refractivity contribution < 1.29 is 9.53 Å². The third kappa shape index (κ3) is 2.83. The Morgan fingerprint density at radius 1 is 1.44 bits per heavy atom. The van der Waals surface area contributed by atoms with Crippen molar-refractivity contribution in [3.05, 3.63) is 11.3 Å². The summed E-state index contributed by atoms with van der Waals surface area (Å²) in [6.07, 6.45) is 4.11. The fourth-order valence-electron chi connectivity index (χ4n) is 2.34. The summed E-state index contributed by atoms with van der Waals surface area (Å²) in [4.78, 5) is 12.0. The molecule has 2 rings (SSSR count). The molecule has 2 N–H and O–H groups in total. The highest BCUT2D eigenvalue weighted by Gasteiger charge is 2.30. The van der Waals surface area contributed by atoms with E-state index in [0.29, 0.717) is 21.7 Å². The van der Waals surface area contributed by atoms with Gasteiger partial charge in [-0.05, 0) is 49.6 Å². The van der Waals surface area contributed by atoms with Crippen molar-refractivity contribution in [2.75, 3.05) is 5.73 Å². The van der Waals surface area contributed by atoms with Crippen molar-refractivity contribution in [1.82, 2.24) is 4.37 Å². The maximum absolute atomic E-state index is 12.0. The van der Waals surface area contributed by atoms with Crippen LogP contribution in [0.5, 0.6) is 0 Å². The minimum Gasteiger partial charge on any atom is -0.459 e. The van der Waals surface area contributed by atoms with Crippen molar-refractivity contribution in [2.24, 2.45) is 5.41 Å². The van der Waals surface area contributed by atoms with Crippen LogP contribution in [-0.2, 0) is 4.74 Å². The summed E-state index contributed by atoms with van der Waals surface area (Å²) in [5, 5.41) is 0.452. The number of hydrogen-bond donors (Lipinski definition) is 1. The molecule has 0 aliphatic heterocycles. The zero-order valence-corrected chi connectivity index (χ0v) is 12.0. The molecule has 0 aromatic carbocycles. The Morgan fingerprint density at radius 2 is 2.06 bits per heavy atom. The van der Waals surface area contributed by atoms with E-state index in [1.165, 1.54) is 0 Å². The summed E-state index contributed by atoms with van der Waals surface area (Å²) in [5.74, 6) is -0.316. The lowest BCUT2D eigenvalue weighted by molar-refractivity contribution is 0.00957. The van der Waals surface area contributed by atoms with Crippen LogP contribution in [0.4, 0.5) is 5.00 Å². The van der Waals surface area contributed by atoms with Crippen LogP contribution >= 0.6 is 11.5 Å². The molecule has 0 radical (unpaired) electrons. The molecule has 1 saturated carbocycles. The standard InChI is InChI=1S/C13H20N2O2S/c1-8-10(11(14)18-15-8)12(16)17-9-4-6-13(2,3)7-5-9/h9H,4-7,14H2,1-3H3. The van der Waals surface area contributed by atoms with E-state index in [-0.39, 0.29) is 12.1 Å². The predicted octanol–water partition coefficient (Wildman–Crippen LogP) is 3.16. The summed E-state index contributed by atoms with van der Waals surface area (Å²) in [6, 6.07) is 0. The molecule has 4 nitrogen and oxygen atoms in total. The lowest BCUT2D eigenvalue weighted by Crippen LogP contribution is -2.28. The van der Waals surface area contributed by atoms with E-state index in [4.69, 9.17) is 10.5 Å². The van der Waals surface area contributed by atoms with Crippen LogP contribution in [0.2, 0.25) is 0 Å². The van der Waals surface area contributed by atoms with Gasteiger partial charge in [0.1, 0.15) is 16.7 Å². The average molecular weight is 268 g/mol. The number of ether oxygens (including phenoxy) is 1. The number of nitrogens with two attached hydrogens (primary N) is 1. The van der Waals surface area contributed by atoms with Crippen LogP contribution in [0.25, 0.3) is 0 Å². The third-order valence-electron chi connectivity index (χ3n) is 3.65. The Kier molecular flexibility index (Phi) is 3.61. The number of hydrogen-bond acceptors (Lipinski definition) is 5. The highest BCUT2D eigenvalue weighted by Crippen LogP contribution is 2.36. The van der Waals surface area contributed by atoms with Crippen molar-refractivity contribution in [3.8, 4) is 0 Å². The van der Waals surface area contributed by atoms with E-state index < -0.39 is 0 Å². The number of carbonyl (C=O) groups excluding carboxylic acids is 1. The predicted molar refractivity (Wildman–Crippen MR) is 72.7 cm³/mol. The zero-order chi connectivity index (χ0) is 13.3. The number of nitrogen functional groups attached to an aromatic ring is 1. The van der Waals surface area contributed by atoms with Gasteiger partial charge in [-0.2, -0.15) is 4.37 Å². The van der Waals surface area contributed by atoms with Gasteiger partial charge in [-0.3, -0.25) is 0 Å². The first-order valence-corrected chi connectivity index (χ1v) is 7.09. The minimum absolute atomic E-state index is 0.0317. The molecule has 18 heavy (non-hydrogen) atoms. The molecule has 0 spiro atoms. The molecule has 1 aromatic rings. The minimum atomic E-state index is -0.316. The summed E-state index contributed by atoms with van der Waals surface area (Å²) in [5.41, 5.74) is 7.24. The highest BCUT2D eigenvalue weighted by atomic mass is 32.1. The average Bonchev–Trinajstić information content (AvgIpc) is 2.62. The molecule has 0 amide bonds. The fraction of sp³-hybridized carbons (Fsp3) is 0.692. The smallest absolute Gasteiger partial charge is 0.343 e. The second kappa shape index (κ2) is 4.88. The molecule has 5 heteroatoms. The Labute approximate surface area is 112 Å². The Morgan fingerprint density at radius 3 is 2.56 bits per heavy atom. The lowest BCUT2D eigenvalue weighted by atomic mass is 9.76. The van der Waals surface area contributed by atoms with Crippen LogP contribution in [0.15, 0.2) is 0 Å². The van der Waals surface area contributed by atoms with Gasteiger partial charge in [-0.25, -0.2) is 4.79 Å². The highest BCUT2D eigenvalue weighted by molar-refractivity contribution is 7.10. The van der Waals surface area contributed by atoms with Crippen LogP contribution in [-0.4, -0.2) is 16.4 Å². The monoisotopic (exact) mass is 268 g/mol. The SMILES string of the molecule is Cc1nsc(N)c1C(=O)OC1CCC(C)(C)CC1. The van der Waals surface area contributed by atoms with Gasteiger partial charge in [0.15, 0.2) is 0 Å². The number of aromatic nitrogens is 1. The van der Waals surface area contributed by atoms with Crippen LogP contribution in [0, 0.1) is 12.3 Å². The topological polar surface area (TPSA) is 65.2 Å². The molecule has 1 aliphatic rings. The number of anilines is 1. The molecular formula is C13H20N2O2S. The second-order valence-electron chi connectivity index (χ2n) is 5.78. The molecule has 0 bridgehead atoms. The van der Waals surface area contributed by atoms with E-state index in [9.17, 15) is 4.79 Å². The van der Waals surface area contributed by atoms with Gasteiger partial charge in [0, 0.05) is 0 Å². The zero-order valence-electron chi connectivity index (χ0n) is 11.2. The van der Waals surface area contributed by atoms with Crippen LogP contribution in [0.1, 0.15) is 55.6 Å². The summed E-state index contributed by atoms with van der Waals surface area (Å²) < 4.78 is 9.61. The van der Waals surface area contributed by atoms with Gasteiger partial charge >= 0.3 is 5.97 Å². The van der Waals surface area contributed by atoms with Crippen molar-refractivity contribution in [3.63, 3.8) is 0 Å². The van der Waals surface area contributed by atoms with Gasteiger partial charge in [0.05, 0.1) is 5.69 Å². The summed E-state index contributed by atoms with van der Waals surface area (Å²) in [6.45, 7) is 6.30. The van der Waals surface area contributed by atoms with Gasteiger partial charge in [-0.15, -0.1) is 0 Å². The van der Waals surface area contributed by atoms with Gasteiger partial charge in [-0.1, -0.05) is 13.8 Å². The molecule has 1 aromatic heterocycles. The first kappa shape index (κ1) is 13.3. The first-order chi connectivity index (χ1) is 8.39. The molecule has 1 fully saturated rings. The summed E-state index contributed by atoms with van der Waals surface area (Å²) in [7, 11) is 0. The van der Waals surface area contributed by atoms with Gasteiger partial charge < -0.3 is 10.5 Å². The maximum Gasteiger partial charge on any atom is 0.343 e. The van der Waals surface area contributed by atoms with Crippen LogP contribution < -0.4 is 5.73 Å². The van der Waals surface area contributed by atoms with E-state index in [1.807, 2.05) is 0 Å². The molecule has 0 saturated heterocycles. The van der Waals surface area contributed by atoms with Gasteiger partial charge in [0.25, 0.3) is 0 Å². The van der Waals surface area contributed by atoms with Crippen LogP contribution in [0.3, 0.4) is 0 Å². The van der Waals surface area contributed by atoms with Gasteiger partial charge in [0.2, 0.25) is 0 Å². The van der Waals surface area contributed by atoms with Crippen molar-refractivity contribution in [1.29, 1.82) is 0 Å². The summed E-state index contributed by atoms with van der Waals surface area (Å²) >= 11 is 1.15. The first-order valence-electron chi connectivity index (χ1n) is 6.32. The maximum atomic E-state index is 12.0. The van der Waals surface area contributed by atoms with E-state index in [0.717, 1.165) is 37.2 Å². The number of carbonyl (C=O) groups is 1. The number of aryl methyl sites for hydroxylation is 1. The van der Waals surface area contributed by atoms with E-state index in [2.05, 4.69) is 18.2 Å². The number of rotatable bonds is 2. The third-order valence-corrected chi connectivity index (χ3v) is 4.42. The Balaban J connectivity index is 1.97. The van der Waals surface area contributed by atoms with E-state index in [1.54, 1.807) is 6.92 Å². The van der Waals surface area contributed by atoms with Crippen molar-refractivity contribution >= 4 is 22.5 Å². The molecule has 100 valence electrons. The molecule has 1 heterocycles. The van der Waals surface area contributed by atoms with E-state index >= 15 is 0 Å². The molecule has 1 aliphatic carbocycles. The Hall–Kier alpha value is -1.10. The fourth-order valence-corrected chi connectivity index (χ4v) is 2.99. The number of nitrogens with zero attached hydrogens (tertiary/aromatic N) is 1. The number of esters is 1.